The lowest BCUT2D eigenvalue weighted by Gasteiger charge is -2.15. The Hall–Kier alpha value is -2.37. The lowest BCUT2D eigenvalue weighted by molar-refractivity contribution is -0.144. The Labute approximate surface area is 130 Å². The van der Waals surface area contributed by atoms with Gasteiger partial charge in [0, 0.05) is 24.2 Å². The summed E-state index contributed by atoms with van der Waals surface area (Å²) < 4.78 is 4.86. The van der Waals surface area contributed by atoms with Crippen LogP contribution in [-0.4, -0.2) is 36.8 Å². The molecule has 0 saturated heterocycles. The smallest absolute Gasteiger partial charge is 0.328 e. The zero-order chi connectivity index (χ0) is 16.1. The summed E-state index contributed by atoms with van der Waals surface area (Å²) in [5, 5.41) is 8.95. The topological polar surface area (TPSA) is 71.0 Å². The maximum atomic E-state index is 12.1. The highest BCUT2D eigenvalue weighted by Crippen LogP contribution is 2.19. The number of carbonyl (C=O) groups is 2. The van der Waals surface area contributed by atoms with Crippen LogP contribution in [-0.2, 0) is 9.53 Å². The summed E-state index contributed by atoms with van der Waals surface area (Å²) in [6.45, 7) is 6.49. The van der Waals surface area contributed by atoms with Gasteiger partial charge in [0.2, 0.25) is 0 Å². The lowest BCUT2D eigenvalue weighted by Crippen LogP contribution is -2.39. The number of anilines is 1. The Kier molecular flexibility index (Phi) is 5.14. The first-order valence-electron chi connectivity index (χ1n) is 7.40. The van der Waals surface area contributed by atoms with Crippen molar-refractivity contribution >= 4 is 23.3 Å². The van der Waals surface area contributed by atoms with Crippen LogP contribution in [0.4, 0.5) is 5.69 Å². The quantitative estimate of drug-likeness (QED) is 0.844. The molecule has 1 heterocycles. The summed E-state index contributed by atoms with van der Waals surface area (Å²) in [6.07, 6.45) is 0.958. The van der Waals surface area contributed by atoms with Crippen LogP contribution in [0.2, 0.25) is 0 Å². The fourth-order valence-electron chi connectivity index (χ4n) is 2.15. The van der Waals surface area contributed by atoms with E-state index in [1.807, 2.05) is 24.1 Å². The van der Waals surface area contributed by atoms with Gasteiger partial charge in [-0.3, -0.25) is 9.80 Å². The van der Waals surface area contributed by atoms with Gasteiger partial charge in [-0.15, -0.1) is 0 Å². The summed E-state index contributed by atoms with van der Waals surface area (Å²) in [6, 6.07) is 6.49. The number of hydrazone groups is 1. The van der Waals surface area contributed by atoms with E-state index in [2.05, 4.69) is 10.4 Å². The van der Waals surface area contributed by atoms with Crippen molar-refractivity contribution in [1.29, 1.82) is 0 Å². The minimum Gasteiger partial charge on any atom is -0.464 e. The van der Waals surface area contributed by atoms with Crippen LogP contribution in [0.5, 0.6) is 0 Å². The fraction of sp³-hybridized carbons (Fsp3) is 0.438. The standard InChI is InChI=1S/C16H21N3O3/c1-4-22-16(21)12(3)17-15(20)13-5-7-14(8-6-13)19-10-9-11(2)18-19/h5-8,12H,4,9-10H2,1-3H3,(H,17,20). The van der Waals surface area contributed by atoms with Crippen LogP contribution < -0.4 is 10.3 Å². The van der Waals surface area contributed by atoms with Gasteiger partial charge < -0.3 is 10.1 Å². The summed E-state index contributed by atoms with van der Waals surface area (Å²) in [5.74, 6) is -0.734. The van der Waals surface area contributed by atoms with Crippen LogP contribution in [0.1, 0.15) is 37.6 Å². The number of rotatable bonds is 5. The van der Waals surface area contributed by atoms with Crippen LogP contribution in [0.3, 0.4) is 0 Å². The van der Waals surface area contributed by atoms with Crippen LogP contribution in [0, 0.1) is 0 Å². The Morgan fingerprint density at radius 3 is 2.59 bits per heavy atom. The van der Waals surface area contributed by atoms with Crippen molar-refractivity contribution in [1.82, 2.24) is 5.32 Å². The Balaban J connectivity index is 1.98. The number of amides is 1. The second kappa shape index (κ2) is 7.06. The molecule has 0 aliphatic carbocycles. The lowest BCUT2D eigenvalue weighted by atomic mass is 10.1. The van der Waals surface area contributed by atoms with Crippen LogP contribution in [0.25, 0.3) is 0 Å². The first-order valence-corrected chi connectivity index (χ1v) is 7.40. The molecule has 1 aromatic carbocycles. The Bertz CT molecular complexity index is 581. The van der Waals surface area contributed by atoms with Crippen molar-refractivity contribution in [2.45, 2.75) is 33.2 Å². The third-order valence-electron chi connectivity index (χ3n) is 3.39. The molecule has 6 heteroatoms. The molecule has 6 nitrogen and oxygen atoms in total. The normalized spacial score (nSPS) is 15.2. The molecule has 22 heavy (non-hydrogen) atoms. The van der Waals surface area contributed by atoms with E-state index in [-0.39, 0.29) is 5.91 Å². The molecule has 0 saturated carbocycles. The molecule has 0 aromatic heterocycles. The molecule has 1 N–H and O–H groups in total. The molecular weight excluding hydrogens is 282 g/mol. The van der Waals surface area contributed by atoms with E-state index in [9.17, 15) is 9.59 Å². The number of nitrogens with zero attached hydrogens (tertiary/aromatic N) is 2. The number of nitrogens with one attached hydrogen (secondary N) is 1. The number of esters is 1. The predicted octanol–water partition coefficient (Wildman–Crippen LogP) is 1.95. The molecule has 0 radical (unpaired) electrons. The molecule has 0 spiro atoms. The first kappa shape index (κ1) is 16.0. The predicted molar refractivity (Wildman–Crippen MR) is 85.1 cm³/mol. The van der Waals surface area contributed by atoms with E-state index >= 15 is 0 Å². The Morgan fingerprint density at radius 2 is 2.05 bits per heavy atom. The maximum absolute atomic E-state index is 12.1. The van der Waals surface area contributed by atoms with E-state index in [0.717, 1.165) is 24.4 Å². The minimum absolute atomic E-state index is 0.295. The van der Waals surface area contributed by atoms with E-state index in [1.165, 1.54) is 0 Å². The van der Waals surface area contributed by atoms with Crippen molar-refractivity contribution in [3.8, 4) is 0 Å². The average molecular weight is 303 g/mol. The summed E-state index contributed by atoms with van der Waals surface area (Å²) in [7, 11) is 0. The van der Waals surface area contributed by atoms with Crippen LogP contribution >= 0.6 is 0 Å². The number of hydrogen-bond donors (Lipinski definition) is 1. The zero-order valence-corrected chi connectivity index (χ0v) is 13.1. The van der Waals surface area contributed by atoms with Gasteiger partial charge in [0.1, 0.15) is 6.04 Å². The van der Waals surface area contributed by atoms with E-state index in [1.54, 1.807) is 26.0 Å². The van der Waals surface area contributed by atoms with Gasteiger partial charge in [-0.2, -0.15) is 5.10 Å². The van der Waals surface area contributed by atoms with Gasteiger partial charge in [0.15, 0.2) is 0 Å². The average Bonchev–Trinajstić information content (AvgIpc) is 2.94. The number of hydrogen-bond acceptors (Lipinski definition) is 5. The van der Waals surface area contributed by atoms with Crippen LogP contribution in [0.15, 0.2) is 29.4 Å². The summed E-state index contributed by atoms with van der Waals surface area (Å²) >= 11 is 0. The van der Waals surface area contributed by atoms with E-state index in [0.29, 0.717) is 12.2 Å². The SMILES string of the molecule is CCOC(=O)C(C)NC(=O)c1ccc(N2CCC(C)=N2)cc1. The van der Waals surface area contributed by atoms with Crippen molar-refractivity contribution in [2.24, 2.45) is 5.10 Å². The third kappa shape index (κ3) is 3.84. The molecule has 1 atom stereocenters. The summed E-state index contributed by atoms with van der Waals surface area (Å²) in [4.78, 5) is 23.6. The van der Waals surface area contributed by atoms with Gasteiger partial charge in [-0.1, -0.05) is 0 Å². The van der Waals surface area contributed by atoms with Crippen molar-refractivity contribution in [2.75, 3.05) is 18.2 Å². The number of ether oxygens (including phenoxy) is 1. The highest BCUT2D eigenvalue weighted by Gasteiger charge is 2.18. The van der Waals surface area contributed by atoms with Crippen molar-refractivity contribution in [3.05, 3.63) is 29.8 Å². The van der Waals surface area contributed by atoms with Gasteiger partial charge in [-0.05, 0) is 45.0 Å². The highest BCUT2D eigenvalue weighted by molar-refractivity contribution is 5.97. The van der Waals surface area contributed by atoms with E-state index in [4.69, 9.17) is 4.74 Å². The molecule has 0 bridgehead atoms. The third-order valence-corrected chi connectivity index (χ3v) is 3.39. The van der Waals surface area contributed by atoms with Crippen molar-refractivity contribution < 1.29 is 14.3 Å². The van der Waals surface area contributed by atoms with Gasteiger partial charge >= 0.3 is 5.97 Å². The molecule has 0 fully saturated rings. The van der Waals surface area contributed by atoms with Gasteiger partial charge in [0.25, 0.3) is 5.91 Å². The monoisotopic (exact) mass is 303 g/mol. The van der Waals surface area contributed by atoms with Gasteiger partial charge in [-0.25, -0.2) is 4.79 Å². The second-order valence-electron chi connectivity index (χ2n) is 5.20. The second-order valence-corrected chi connectivity index (χ2v) is 5.20. The Morgan fingerprint density at radius 1 is 1.36 bits per heavy atom. The molecule has 1 amide bonds. The number of benzene rings is 1. The largest absolute Gasteiger partial charge is 0.464 e. The van der Waals surface area contributed by atoms with Crippen molar-refractivity contribution in [3.63, 3.8) is 0 Å². The number of carbonyl (C=O) groups excluding carboxylic acids is 2. The molecule has 1 unspecified atom stereocenters. The molecular formula is C16H21N3O3. The molecule has 1 aliphatic rings. The first-order chi connectivity index (χ1) is 10.5. The summed E-state index contributed by atoms with van der Waals surface area (Å²) in [5.41, 5.74) is 2.55. The van der Waals surface area contributed by atoms with Gasteiger partial charge in [0.05, 0.1) is 12.3 Å². The van der Waals surface area contributed by atoms with E-state index < -0.39 is 12.0 Å². The molecule has 2 rings (SSSR count). The fourth-order valence-corrected chi connectivity index (χ4v) is 2.15. The zero-order valence-electron chi connectivity index (χ0n) is 13.1. The minimum atomic E-state index is -0.669. The molecule has 1 aliphatic heterocycles. The maximum Gasteiger partial charge on any atom is 0.328 e. The molecule has 1 aromatic rings. The highest BCUT2D eigenvalue weighted by atomic mass is 16.5. The molecule has 118 valence electrons.